The van der Waals surface area contributed by atoms with Crippen molar-refractivity contribution in [3.63, 3.8) is 0 Å². The molecule has 0 bridgehead atoms. The average Bonchev–Trinajstić information content (AvgIpc) is 3.21. The Labute approximate surface area is 136 Å². The first-order valence-corrected chi connectivity index (χ1v) is 8.94. The summed E-state index contributed by atoms with van der Waals surface area (Å²) in [6.07, 6.45) is 7.75. The molecule has 1 atom stereocenters. The first-order chi connectivity index (χ1) is 10.8. The molecule has 5 heteroatoms. The van der Waals surface area contributed by atoms with E-state index in [1.54, 1.807) is 17.5 Å². The van der Waals surface area contributed by atoms with Crippen LogP contribution < -0.4 is 5.32 Å². The van der Waals surface area contributed by atoms with E-state index in [4.69, 9.17) is 0 Å². The first kappa shape index (κ1) is 16.7. The normalized spacial score (nSPS) is 12.5. The fourth-order valence-corrected chi connectivity index (χ4v) is 3.54. The van der Waals surface area contributed by atoms with Crippen LogP contribution in [-0.4, -0.2) is 22.2 Å². The van der Waals surface area contributed by atoms with E-state index in [0.717, 1.165) is 25.7 Å². The van der Waals surface area contributed by atoms with Crippen molar-refractivity contribution in [2.24, 2.45) is 5.92 Å². The molecule has 120 valence electrons. The minimum absolute atomic E-state index is 0.0721. The third-order valence-corrected chi connectivity index (χ3v) is 4.80. The molecule has 0 saturated carbocycles. The Morgan fingerprint density at radius 2 is 2.09 bits per heavy atom. The summed E-state index contributed by atoms with van der Waals surface area (Å²) < 4.78 is 1.92. The minimum atomic E-state index is 0.0721. The molecule has 2 aromatic rings. The maximum Gasteiger partial charge on any atom is 0.223 e. The van der Waals surface area contributed by atoms with Crippen molar-refractivity contribution in [2.75, 3.05) is 6.54 Å². The summed E-state index contributed by atoms with van der Waals surface area (Å²) >= 11 is 1.70. The van der Waals surface area contributed by atoms with Crippen LogP contribution >= 0.6 is 11.3 Å². The number of rotatable bonds is 9. The van der Waals surface area contributed by atoms with E-state index in [1.807, 2.05) is 23.0 Å². The van der Waals surface area contributed by atoms with Crippen LogP contribution in [0.5, 0.6) is 0 Å². The summed E-state index contributed by atoms with van der Waals surface area (Å²) in [6.45, 7) is 4.85. The van der Waals surface area contributed by atoms with E-state index >= 15 is 0 Å². The van der Waals surface area contributed by atoms with Gasteiger partial charge in [-0.25, -0.2) is 0 Å². The van der Waals surface area contributed by atoms with Crippen molar-refractivity contribution in [3.8, 4) is 0 Å². The number of nitrogens with zero attached hydrogens (tertiary/aromatic N) is 2. The molecule has 0 saturated heterocycles. The van der Waals surface area contributed by atoms with E-state index in [2.05, 4.69) is 35.7 Å². The Balaban J connectivity index is 2.01. The van der Waals surface area contributed by atoms with Crippen molar-refractivity contribution in [3.05, 3.63) is 40.8 Å². The number of amides is 1. The maximum atomic E-state index is 12.4. The highest BCUT2D eigenvalue weighted by molar-refractivity contribution is 7.10. The van der Waals surface area contributed by atoms with E-state index in [0.29, 0.717) is 6.54 Å². The lowest BCUT2D eigenvalue weighted by atomic mass is 9.97. The van der Waals surface area contributed by atoms with Crippen LogP contribution in [-0.2, 0) is 4.79 Å². The van der Waals surface area contributed by atoms with Crippen LogP contribution in [0.4, 0.5) is 0 Å². The van der Waals surface area contributed by atoms with Crippen LogP contribution in [0, 0.1) is 5.92 Å². The molecule has 0 aliphatic carbocycles. The van der Waals surface area contributed by atoms with Gasteiger partial charge in [-0.15, -0.1) is 11.3 Å². The Hall–Kier alpha value is -1.62. The van der Waals surface area contributed by atoms with Crippen LogP contribution in [0.15, 0.2) is 36.0 Å². The summed E-state index contributed by atoms with van der Waals surface area (Å²) in [7, 11) is 0. The highest BCUT2D eigenvalue weighted by atomic mass is 32.1. The highest BCUT2D eigenvalue weighted by Gasteiger charge is 2.20. The molecule has 1 N–H and O–H groups in total. The van der Waals surface area contributed by atoms with Gasteiger partial charge in [0.05, 0.1) is 0 Å². The number of thiophene rings is 1. The summed E-state index contributed by atoms with van der Waals surface area (Å²) in [5, 5.41) is 9.54. The van der Waals surface area contributed by atoms with Crippen molar-refractivity contribution in [2.45, 2.75) is 45.6 Å². The van der Waals surface area contributed by atoms with Gasteiger partial charge in [-0.05, 0) is 30.4 Å². The van der Waals surface area contributed by atoms with Crippen molar-refractivity contribution in [1.29, 1.82) is 0 Å². The van der Waals surface area contributed by atoms with Crippen molar-refractivity contribution in [1.82, 2.24) is 15.1 Å². The molecular weight excluding hydrogens is 294 g/mol. The molecule has 1 amide bonds. The predicted octanol–water partition coefficient (Wildman–Crippen LogP) is 3.87. The Kier molecular flexibility index (Phi) is 6.65. The zero-order valence-electron chi connectivity index (χ0n) is 13.4. The monoisotopic (exact) mass is 319 g/mol. The lowest BCUT2D eigenvalue weighted by Gasteiger charge is -2.20. The summed E-state index contributed by atoms with van der Waals surface area (Å²) in [5.41, 5.74) is 0. The number of hydrogen-bond donors (Lipinski definition) is 1. The molecule has 0 radical (unpaired) electrons. The molecule has 1 unspecified atom stereocenters. The molecular formula is C17H25N3OS. The summed E-state index contributed by atoms with van der Waals surface area (Å²) in [4.78, 5) is 13.6. The molecule has 0 fully saturated rings. The Morgan fingerprint density at radius 1 is 1.32 bits per heavy atom. The lowest BCUT2D eigenvalue weighted by Crippen LogP contribution is -2.35. The maximum absolute atomic E-state index is 12.4. The number of carbonyl (C=O) groups excluding carboxylic acids is 1. The van der Waals surface area contributed by atoms with Gasteiger partial charge in [0, 0.05) is 29.7 Å². The third-order valence-electron chi connectivity index (χ3n) is 3.83. The fourth-order valence-electron chi connectivity index (χ4n) is 2.72. The van der Waals surface area contributed by atoms with Crippen molar-refractivity contribution >= 4 is 17.2 Å². The molecule has 2 aromatic heterocycles. The van der Waals surface area contributed by atoms with Gasteiger partial charge in [0.2, 0.25) is 5.91 Å². The minimum Gasteiger partial charge on any atom is -0.353 e. The number of carbonyl (C=O) groups is 1. The molecule has 0 aliphatic rings. The van der Waals surface area contributed by atoms with Crippen LogP contribution in [0.1, 0.15) is 50.4 Å². The second kappa shape index (κ2) is 8.73. The van der Waals surface area contributed by atoms with Gasteiger partial charge in [0.25, 0.3) is 0 Å². The smallest absolute Gasteiger partial charge is 0.223 e. The molecule has 0 aromatic carbocycles. The Bertz CT molecular complexity index is 496. The molecule has 2 heterocycles. The van der Waals surface area contributed by atoms with E-state index in [1.165, 1.54) is 4.88 Å². The van der Waals surface area contributed by atoms with Crippen LogP contribution in [0.2, 0.25) is 0 Å². The summed E-state index contributed by atoms with van der Waals surface area (Å²) in [5.74, 6) is 0.314. The highest BCUT2D eigenvalue weighted by Crippen LogP contribution is 2.22. The van der Waals surface area contributed by atoms with E-state index < -0.39 is 0 Å². The second-order valence-electron chi connectivity index (χ2n) is 5.54. The first-order valence-electron chi connectivity index (χ1n) is 8.06. The van der Waals surface area contributed by atoms with Crippen molar-refractivity contribution < 1.29 is 4.79 Å². The van der Waals surface area contributed by atoms with Gasteiger partial charge < -0.3 is 5.32 Å². The molecule has 22 heavy (non-hydrogen) atoms. The zero-order valence-corrected chi connectivity index (χ0v) is 14.2. The lowest BCUT2D eigenvalue weighted by molar-refractivity contribution is -0.125. The van der Waals surface area contributed by atoms with Gasteiger partial charge >= 0.3 is 0 Å². The van der Waals surface area contributed by atoms with Gasteiger partial charge in [-0.3, -0.25) is 9.48 Å². The number of aromatic nitrogens is 2. The van der Waals surface area contributed by atoms with Gasteiger partial charge in [0.1, 0.15) is 6.04 Å². The second-order valence-corrected chi connectivity index (χ2v) is 6.52. The molecule has 0 aliphatic heterocycles. The zero-order chi connectivity index (χ0) is 15.8. The number of hydrogen-bond acceptors (Lipinski definition) is 3. The topological polar surface area (TPSA) is 46.9 Å². The average molecular weight is 319 g/mol. The predicted molar refractivity (Wildman–Crippen MR) is 91.0 cm³/mol. The molecule has 0 spiro atoms. The summed E-state index contributed by atoms with van der Waals surface area (Å²) in [6, 6.07) is 6.12. The third kappa shape index (κ3) is 4.44. The molecule has 4 nitrogen and oxygen atoms in total. The standard InChI is InChI=1S/C17H25N3OS/c1-3-7-14(8-4-2)17(21)18-13-15(16-9-5-12-22-16)20-11-6-10-19-20/h5-6,9-12,14-15H,3-4,7-8,13H2,1-2H3,(H,18,21). The number of nitrogens with one attached hydrogen (secondary N) is 1. The van der Waals surface area contributed by atoms with Gasteiger partial charge in [-0.1, -0.05) is 32.8 Å². The van der Waals surface area contributed by atoms with E-state index in [9.17, 15) is 4.79 Å². The Morgan fingerprint density at radius 3 is 2.64 bits per heavy atom. The fraction of sp³-hybridized carbons (Fsp3) is 0.529. The van der Waals surface area contributed by atoms with Gasteiger partial charge in [-0.2, -0.15) is 5.10 Å². The van der Waals surface area contributed by atoms with E-state index in [-0.39, 0.29) is 17.9 Å². The molecule has 2 rings (SSSR count). The SMILES string of the molecule is CCCC(CCC)C(=O)NCC(c1cccs1)n1cccn1. The largest absolute Gasteiger partial charge is 0.353 e. The quantitative estimate of drug-likeness (QED) is 0.763. The van der Waals surface area contributed by atoms with Gasteiger partial charge in [0.15, 0.2) is 0 Å². The van der Waals surface area contributed by atoms with Crippen LogP contribution in [0.3, 0.4) is 0 Å². The van der Waals surface area contributed by atoms with Crippen LogP contribution in [0.25, 0.3) is 0 Å².